The molecule has 0 aliphatic rings. The van der Waals surface area contributed by atoms with Crippen LogP contribution in [0.15, 0.2) is 36.4 Å². The Morgan fingerprint density at radius 2 is 1.68 bits per heavy atom. The van der Waals surface area contributed by atoms with Gasteiger partial charge in [0.1, 0.15) is 0 Å². The SMILES string of the molecule is O=C(Nc1cc(C(F)(F)F)ccc1Cl)c1cc(I)ccc1Cl. The molecule has 8 heteroatoms. The van der Waals surface area contributed by atoms with Gasteiger partial charge in [-0.1, -0.05) is 23.2 Å². The molecule has 2 rings (SSSR count). The topological polar surface area (TPSA) is 29.1 Å². The zero-order chi connectivity index (χ0) is 16.5. The van der Waals surface area contributed by atoms with Crippen LogP contribution in [0.3, 0.4) is 0 Å². The molecule has 2 aromatic rings. The highest BCUT2D eigenvalue weighted by molar-refractivity contribution is 14.1. The Balaban J connectivity index is 2.34. The third kappa shape index (κ3) is 4.05. The number of hydrogen-bond donors (Lipinski definition) is 1. The molecule has 1 amide bonds. The highest BCUT2D eigenvalue weighted by Gasteiger charge is 2.31. The lowest BCUT2D eigenvalue weighted by Crippen LogP contribution is -2.14. The third-order valence-electron chi connectivity index (χ3n) is 2.71. The van der Waals surface area contributed by atoms with Gasteiger partial charge < -0.3 is 5.32 Å². The first-order valence-electron chi connectivity index (χ1n) is 5.81. The molecule has 0 saturated heterocycles. The molecule has 0 aliphatic heterocycles. The Kier molecular flexibility index (Phi) is 5.24. The minimum Gasteiger partial charge on any atom is -0.321 e. The standard InChI is InChI=1S/C14H7Cl2F3INO/c15-10-4-2-8(20)6-9(10)13(22)21-12-5-7(14(17,18)19)1-3-11(12)16/h1-6H,(H,21,22). The predicted molar refractivity (Wildman–Crippen MR) is 88.6 cm³/mol. The molecule has 0 saturated carbocycles. The number of hydrogen-bond acceptors (Lipinski definition) is 1. The summed E-state index contributed by atoms with van der Waals surface area (Å²) in [5, 5.41) is 2.55. The summed E-state index contributed by atoms with van der Waals surface area (Å²) in [6.45, 7) is 0. The summed E-state index contributed by atoms with van der Waals surface area (Å²) in [6, 6.07) is 7.47. The van der Waals surface area contributed by atoms with Crippen LogP contribution in [0.2, 0.25) is 10.0 Å². The van der Waals surface area contributed by atoms with E-state index in [1.165, 1.54) is 12.1 Å². The Bertz CT molecular complexity index is 735. The van der Waals surface area contributed by atoms with E-state index in [0.717, 1.165) is 21.8 Å². The third-order valence-corrected chi connectivity index (χ3v) is 4.05. The molecular weight excluding hydrogens is 453 g/mol. The van der Waals surface area contributed by atoms with Gasteiger partial charge in [0, 0.05) is 3.57 Å². The van der Waals surface area contributed by atoms with E-state index in [2.05, 4.69) is 5.32 Å². The van der Waals surface area contributed by atoms with E-state index in [1.54, 1.807) is 6.07 Å². The van der Waals surface area contributed by atoms with Gasteiger partial charge in [0.05, 0.1) is 26.9 Å². The molecule has 0 aromatic heterocycles. The Morgan fingerprint density at radius 3 is 2.32 bits per heavy atom. The van der Waals surface area contributed by atoms with Crippen LogP contribution in [-0.4, -0.2) is 5.91 Å². The molecule has 1 N–H and O–H groups in total. The van der Waals surface area contributed by atoms with Crippen molar-refractivity contribution in [3.63, 3.8) is 0 Å². The summed E-state index contributed by atoms with van der Waals surface area (Å²) in [5.41, 5.74) is -0.876. The number of anilines is 1. The van der Waals surface area contributed by atoms with Gasteiger partial charge in [-0.15, -0.1) is 0 Å². The number of rotatable bonds is 2. The molecule has 0 fully saturated rings. The van der Waals surface area contributed by atoms with Crippen molar-refractivity contribution in [2.24, 2.45) is 0 Å². The first-order chi connectivity index (χ1) is 10.2. The van der Waals surface area contributed by atoms with Crippen molar-refractivity contribution in [1.82, 2.24) is 0 Å². The van der Waals surface area contributed by atoms with Gasteiger partial charge in [0.2, 0.25) is 0 Å². The molecule has 0 spiro atoms. The quantitative estimate of drug-likeness (QED) is 0.559. The molecule has 0 unspecified atom stereocenters. The van der Waals surface area contributed by atoms with Crippen molar-refractivity contribution in [3.8, 4) is 0 Å². The number of carbonyl (C=O) groups excluding carboxylic acids is 1. The largest absolute Gasteiger partial charge is 0.416 e. The smallest absolute Gasteiger partial charge is 0.321 e. The fourth-order valence-corrected chi connectivity index (χ4v) is 2.52. The normalized spacial score (nSPS) is 11.4. The minimum absolute atomic E-state index is 0.00287. The van der Waals surface area contributed by atoms with Crippen molar-refractivity contribution in [2.75, 3.05) is 5.32 Å². The van der Waals surface area contributed by atoms with E-state index >= 15 is 0 Å². The minimum atomic E-state index is -4.52. The second kappa shape index (κ2) is 6.64. The maximum atomic E-state index is 12.7. The number of amides is 1. The highest BCUT2D eigenvalue weighted by atomic mass is 127. The van der Waals surface area contributed by atoms with E-state index in [-0.39, 0.29) is 21.3 Å². The van der Waals surface area contributed by atoms with Gasteiger partial charge in [-0.2, -0.15) is 13.2 Å². The molecule has 22 heavy (non-hydrogen) atoms. The molecule has 2 nitrogen and oxygen atoms in total. The van der Waals surface area contributed by atoms with E-state index < -0.39 is 17.6 Å². The van der Waals surface area contributed by atoms with Crippen molar-refractivity contribution in [3.05, 3.63) is 61.1 Å². The number of alkyl halides is 3. The summed E-state index contributed by atoms with van der Waals surface area (Å²) in [7, 11) is 0. The lowest BCUT2D eigenvalue weighted by molar-refractivity contribution is -0.137. The van der Waals surface area contributed by atoms with Crippen LogP contribution >= 0.6 is 45.8 Å². The fourth-order valence-electron chi connectivity index (χ4n) is 1.66. The second-order valence-corrected chi connectivity index (χ2v) is 6.33. The van der Waals surface area contributed by atoms with Gasteiger partial charge in [0.25, 0.3) is 5.91 Å². The second-order valence-electron chi connectivity index (χ2n) is 4.27. The summed E-state index contributed by atoms with van der Waals surface area (Å²) in [5.74, 6) is -0.634. The van der Waals surface area contributed by atoms with Gasteiger partial charge in [-0.25, -0.2) is 0 Å². The fraction of sp³-hybridized carbons (Fsp3) is 0.0714. The highest BCUT2D eigenvalue weighted by Crippen LogP contribution is 2.34. The molecule has 0 bridgehead atoms. The van der Waals surface area contributed by atoms with Gasteiger partial charge in [0.15, 0.2) is 0 Å². The number of halogens is 6. The lowest BCUT2D eigenvalue weighted by atomic mass is 10.1. The van der Waals surface area contributed by atoms with Crippen LogP contribution in [0.4, 0.5) is 18.9 Å². The zero-order valence-corrected chi connectivity index (χ0v) is 14.3. The first-order valence-corrected chi connectivity index (χ1v) is 7.65. The summed E-state index contributed by atoms with van der Waals surface area (Å²) in [6.07, 6.45) is -4.52. The molecule has 0 radical (unpaired) electrons. The maximum Gasteiger partial charge on any atom is 0.416 e. The first kappa shape index (κ1) is 17.4. The molecule has 0 atom stereocenters. The van der Waals surface area contributed by atoms with Crippen LogP contribution < -0.4 is 5.32 Å². The van der Waals surface area contributed by atoms with Gasteiger partial charge in [-0.3, -0.25) is 4.79 Å². The number of nitrogens with one attached hydrogen (secondary N) is 1. The molecule has 0 aliphatic carbocycles. The monoisotopic (exact) mass is 459 g/mol. The molecule has 2 aromatic carbocycles. The Morgan fingerprint density at radius 1 is 1.05 bits per heavy atom. The van der Waals surface area contributed by atoms with Crippen LogP contribution in [0, 0.1) is 3.57 Å². The number of carbonyl (C=O) groups is 1. The van der Waals surface area contributed by atoms with Gasteiger partial charge in [-0.05, 0) is 59.0 Å². The molecule has 0 heterocycles. The van der Waals surface area contributed by atoms with E-state index in [4.69, 9.17) is 23.2 Å². The summed E-state index contributed by atoms with van der Waals surface area (Å²) >= 11 is 13.8. The van der Waals surface area contributed by atoms with Crippen LogP contribution in [0.1, 0.15) is 15.9 Å². The molecular formula is C14H7Cl2F3INO. The van der Waals surface area contributed by atoms with Crippen molar-refractivity contribution in [1.29, 1.82) is 0 Å². The Labute approximate surface area is 147 Å². The predicted octanol–water partition coefficient (Wildman–Crippen LogP) is 5.87. The van der Waals surface area contributed by atoms with Crippen molar-refractivity contribution in [2.45, 2.75) is 6.18 Å². The number of benzene rings is 2. The van der Waals surface area contributed by atoms with Crippen LogP contribution in [0.25, 0.3) is 0 Å². The average Bonchev–Trinajstić information content (AvgIpc) is 2.42. The van der Waals surface area contributed by atoms with Crippen LogP contribution in [-0.2, 0) is 6.18 Å². The van der Waals surface area contributed by atoms with E-state index in [0.29, 0.717) is 0 Å². The van der Waals surface area contributed by atoms with Crippen molar-refractivity contribution < 1.29 is 18.0 Å². The van der Waals surface area contributed by atoms with E-state index in [1.807, 2.05) is 22.6 Å². The zero-order valence-electron chi connectivity index (χ0n) is 10.6. The maximum absolute atomic E-state index is 12.7. The summed E-state index contributed by atoms with van der Waals surface area (Å²) in [4.78, 5) is 12.2. The molecule has 116 valence electrons. The summed E-state index contributed by atoms with van der Waals surface area (Å²) < 4.78 is 38.9. The van der Waals surface area contributed by atoms with Gasteiger partial charge >= 0.3 is 6.18 Å². The van der Waals surface area contributed by atoms with E-state index in [9.17, 15) is 18.0 Å². The average molecular weight is 460 g/mol. The Hall–Kier alpha value is -0.990. The lowest BCUT2D eigenvalue weighted by Gasteiger charge is -2.12. The van der Waals surface area contributed by atoms with Crippen molar-refractivity contribution >= 4 is 57.4 Å². The van der Waals surface area contributed by atoms with Crippen LogP contribution in [0.5, 0.6) is 0 Å².